The second kappa shape index (κ2) is 6.14. The van der Waals surface area contributed by atoms with E-state index in [1.807, 2.05) is 18.4 Å². The van der Waals surface area contributed by atoms with Crippen LogP contribution in [0, 0.1) is 12.3 Å². The van der Waals surface area contributed by atoms with E-state index in [-0.39, 0.29) is 5.41 Å². The van der Waals surface area contributed by atoms with E-state index in [2.05, 4.69) is 24.0 Å². The molecule has 112 valence electrons. The quantitative estimate of drug-likeness (QED) is 0.852. The summed E-state index contributed by atoms with van der Waals surface area (Å²) >= 11 is 1.92. The highest BCUT2D eigenvalue weighted by Crippen LogP contribution is 2.40. The van der Waals surface area contributed by atoms with Crippen LogP contribution in [-0.4, -0.2) is 44.4 Å². The maximum atomic E-state index is 6.04. The van der Waals surface area contributed by atoms with Crippen molar-refractivity contribution in [2.24, 2.45) is 5.41 Å². The van der Waals surface area contributed by atoms with Gasteiger partial charge in [-0.2, -0.15) is 0 Å². The molecule has 0 unspecified atom stereocenters. The second-order valence-corrected chi connectivity index (χ2v) is 7.64. The molecule has 4 heteroatoms. The van der Waals surface area contributed by atoms with Gasteiger partial charge in [-0.25, -0.2) is 0 Å². The standard InChI is InChI=1S/C16H25NO2S/c1-13-4-5-14(20-13)10-17-8-6-15-16(11-17,12-18-2)7-3-9-19-15/h4-5,15H,3,6-12H2,1-2H3/t15-,16-/m0/s1. The third-order valence-electron chi connectivity index (χ3n) is 4.67. The number of ether oxygens (including phenoxy) is 2. The highest BCUT2D eigenvalue weighted by Gasteiger charge is 2.45. The number of hydrogen-bond acceptors (Lipinski definition) is 4. The highest BCUT2D eigenvalue weighted by atomic mass is 32.1. The summed E-state index contributed by atoms with van der Waals surface area (Å²) in [7, 11) is 1.82. The summed E-state index contributed by atoms with van der Waals surface area (Å²) in [6.07, 6.45) is 3.96. The van der Waals surface area contributed by atoms with Crippen LogP contribution in [0.1, 0.15) is 29.0 Å². The smallest absolute Gasteiger partial charge is 0.0677 e. The summed E-state index contributed by atoms with van der Waals surface area (Å²) in [6, 6.07) is 4.49. The molecule has 3 nitrogen and oxygen atoms in total. The molecular formula is C16H25NO2S. The monoisotopic (exact) mass is 295 g/mol. The molecule has 0 N–H and O–H groups in total. The van der Waals surface area contributed by atoms with Crippen molar-refractivity contribution in [2.75, 3.05) is 33.4 Å². The van der Waals surface area contributed by atoms with Crippen LogP contribution in [-0.2, 0) is 16.0 Å². The van der Waals surface area contributed by atoms with E-state index in [0.717, 1.165) is 39.3 Å². The second-order valence-electron chi connectivity index (χ2n) is 6.27. The van der Waals surface area contributed by atoms with E-state index in [9.17, 15) is 0 Å². The lowest BCUT2D eigenvalue weighted by Gasteiger charge is -2.50. The number of thiophene rings is 1. The van der Waals surface area contributed by atoms with Crippen LogP contribution in [0.15, 0.2) is 12.1 Å². The Balaban J connectivity index is 1.69. The van der Waals surface area contributed by atoms with Crippen LogP contribution < -0.4 is 0 Å². The first-order chi connectivity index (χ1) is 9.72. The average molecular weight is 295 g/mol. The molecule has 0 radical (unpaired) electrons. The molecule has 3 heterocycles. The summed E-state index contributed by atoms with van der Waals surface area (Å²) in [4.78, 5) is 5.47. The van der Waals surface area contributed by atoms with Crippen LogP contribution in [0.2, 0.25) is 0 Å². The van der Waals surface area contributed by atoms with Crippen molar-refractivity contribution in [1.29, 1.82) is 0 Å². The molecule has 2 aliphatic rings. The fourth-order valence-corrected chi connectivity index (χ4v) is 4.74. The number of piperidine rings is 1. The Morgan fingerprint density at radius 2 is 2.40 bits per heavy atom. The lowest BCUT2D eigenvalue weighted by molar-refractivity contribution is -0.149. The molecule has 2 aliphatic heterocycles. The molecule has 2 fully saturated rings. The molecule has 2 atom stereocenters. The number of fused-ring (bicyclic) bond motifs is 1. The van der Waals surface area contributed by atoms with Gasteiger partial charge in [0.15, 0.2) is 0 Å². The first-order valence-corrected chi connectivity index (χ1v) is 8.42. The largest absolute Gasteiger partial charge is 0.384 e. The number of aryl methyl sites for hydroxylation is 1. The zero-order chi connectivity index (χ0) is 14.0. The summed E-state index contributed by atoms with van der Waals surface area (Å²) in [6.45, 7) is 7.28. The Labute approximate surface area is 125 Å². The maximum Gasteiger partial charge on any atom is 0.0677 e. The lowest BCUT2D eigenvalue weighted by Crippen LogP contribution is -2.56. The molecule has 3 rings (SSSR count). The highest BCUT2D eigenvalue weighted by molar-refractivity contribution is 7.11. The molecule has 20 heavy (non-hydrogen) atoms. The first-order valence-electron chi connectivity index (χ1n) is 7.60. The molecule has 1 aromatic rings. The number of hydrogen-bond donors (Lipinski definition) is 0. The summed E-state index contributed by atoms with van der Waals surface area (Å²) in [5.41, 5.74) is 0.220. The van der Waals surface area contributed by atoms with E-state index in [1.54, 1.807) is 0 Å². The van der Waals surface area contributed by atoms with Gasteiger partial charge in [0.2, 0.25) is 0 Å². The van der Waals surface area contributed by atoms with Crippen LogP contribution in [0.5, 0.6) is 0 Å². The number of likely N-dealkylation sites (tertiary alicyclic amines) is 1. The van der Waals surface area contributed by atoms with E-state index in [0.29, 0.717) is 6.10 Å². The Morgan fingerprint density at radius 1 is 1.50 bits per heavy atom. The Bertz CT molecular complexity index is 443. The van der Waals surface area contributed by atoms with Gasteiger partial charge in [0.05, 0.1) is 12.7 Å². The van der Waals surface area contributed by atoms with Crippen molar-refractivity contribution in [3.05, 3.63) is 21.9 Å². The normalized spacial score (nSPS) is 31.2. The van der Waals surface area contributed by atoms with Crippen molar-refractivity contribution in [3.8, 4) is 0 Å². The number of methoxy groups -OCH3 is 1. The Kier molecular flexibility index (Phi) is 4.46. The summed E-state index contributed by atoms with van der Waals surface area (Å²) < 4.78 is 11.6. The van der Waals surface area contributed by atoms with E-state index in [1.165, 1.54) is 22.6 Å². The minimum absolute atomic E-state index is 0.220. The number of nitrogens with zero attached hydrogens (tertiary/aromatic N) is 1. The number of rotatable bonds is 4. The van der Waals surface area contributed by atoms with Crippen LogP contribution >= 0.6 is 11.3 Å². The van der Waals surface area contributed by atoms with Crippen LogP contribution in [0.25, 0.3) is 0 Å². The third-order valence-corrected chi connectivity index (χ3v) is 5.66. The molecule has 1 aromatic heterocycles. The first kappa shape index (κ1) is 14.5. The van der Waals surface area contributed by atoms with Gasteiger partial charge < -0.3 is 9.47 Å². The maximum absolute atomic E-state index is 6.04. The molecule has 0 aliphatic carbocycles. The van der Waals surface area contributed by atoms with Crippen LogP contribution in [0.3, 0.4) is 0 Å². The van der Waals surface area contributed by atoms with Gasteiger partial charge in [0.1, 0.15) is 0 Å². The van der Waals surface area contributed by atoms with Gasteiger partial charge in [-0.3, -0.25) is 4.90 Å². The van der Waals surface area contributed by atoms with Crippen LogP contribution in [0.4, 0.5) is 0 Å². The fraction of sp³-hybridized carbons (Fsp3) is 0.750. The zero-order valence-corrected chi connectivity index (χ0v) is 13.4. The topological polar surface area (TPSA) is 21.7 Å². The van der Waals surface area contributed by atoms with Crippen molar-refractivity contribution in [1.82, 2.24) is 4.90 Å². The molecular weight excluding hydrogens is 270 g/mol. The molecule has 0 aromatic carbocycles. The van der Waals surface area contributed by atoms with Crippen molar-refractivity contribution < 1.29 is 9.47 Å². The Morgan fingerprint density at radius 3 is 3.15 bits per heavy atom. The van der Waals surface area contributed by atoms with Gasteiger partial charge in [-0.05, 0) is 38.3 Å². The minimum Gasteiger partial charge on any atom is -0.384 e. The average Bonchev–Trinajstić information content (AvgIpc) is 2.84. The molecule has 0 saturated carbocycles. The van der Waals surface area contributed by atoms with Gasteiger partial charge in [0.25, 0.3) is 0 Å². The van der Waals surface area contributed by atoms with Crippen molar-refractivity contribution >= 4 is 11.3 Å². The lowest BCUT2D eigenvalue weighted by atomic mass is 9.73. The predicted octanol–water partition coefficient (Wildman–Crippen LogP) is 3.07. The van der Waals surface area contributed by atoms with Crippen molar-refractivity contribution in [3.63, 3.8) is 0 Å². The SMILES string of the molecule is COC[C@@]12CCCO[C@H]1CCN(Cc1ccc(C)s1)C2. The van der Waals surface area contributed by atoms with Gasteiger partial charge in [-0.1, -0.05) is 0 Å². The van der Waals surface area contributed by atoms with E-state index >= 15 is 0 Å². The molecule has 0 spiro atoms. The third kappa shape index (κ3) is 2.93. The predicted molar refractivity (Wildman–Crippen MR) is 82.2 cm³/mol. The molecule has 0 bridgehead atoms. The minimum atomic E-state index is 0.220. The van der Waals surface area contributed by atoms with Gasteiger partial charge >= 0.3 is 0 Å². The Hall–Kier alpha value is -0.420. The van der Waals surface area contributed by atoms with E-state index in [4.69, 9.17) is 9.47 Å². The van der Waals surface area contributed by atoms with E-state index < -0.39 is 0 Å². The van der Waals surface area contributed by atoms with Gasteiger partial charge in [0, 0.05) is 48.5 Å². The molecule has 0 amide bonds. The fourth-order valence-electron chi connectivity index (χ4n) is 3.81. The van der Waals surface area contributed by atoms with Crippen molar-refractivity contribution in [2.45, 2.75) is 38.8 Å². The summed E-state index contributed by atoms with van der Waals surface area (Å²) in [5.74, 6) is 0. The van der Waals surface area contributed by atoms with Gasteiger partial charge in [-0.15, -0.1) is 11.3 Å². The zero-order valence-electron chi connectivity index (χ0n) is 12.6. The summed E-state index contributed by atoms with van der Waals surface area (Å²) in [5, 5.41) is 0. The molecule has 2 saturated heterocycles.